The molecule has 2 aromatic carbocycles. The van der Waals surface area contributed by atoms with Crippen LogP contribution in [-0.4, -0.2) is 47.4 Å². The van der Waals surface area contributed by atoms with Gasteiger partial charge in [0.15, 0.2) is 11.5 Å². The zero-order chi connectivity index (χ0) is 20.5. The maximum Gasteiger partial charge on any atom is 0.305 e. The van der Waals surface area contributed by atoms with Gasteiger partial charge in [0.25, 0.3) is 0 Å². The third kappa shape index (κ3) is 6.37. The topological polar surface area (TPSA) is 100 Å². The Kier molecular flexibility index (Phi) is 7.31. The first-order valence-electron chi connectivity index (χ1n) is 9.27. The van der Waals surface area contributed by atoms with Crippen molar-refractivity contribution in [3.05, 3.63) is 48.5 Å². The number of carbonyl (C=O) groups is 1. The highest BCUT2D eigenvalue weighted by Crippen LogP contribution is 2.32. The number of carbonyl (C=O) groups excluding carboxylic acids is 1. The fourth-order valence-corrected chi connectivity index (χ4v) is 3.71. The number of hydrogen-bond acceptors (Lipinski definition) is 7. The van der Waals surface area contributed by atoms with E-state index in [2.05, 4.69) is 4.72 Å². The van der Waals surface area contributed by atoms with E-state index in [0.29, 0.717) is 36.9 Å². The van der Waals surface area contributed by atoms with E-state index in [4.69, 9.17) is 18.9 Å². The van der Waals surface area contributed by atoms with Gasteiger partial charge in [-0.05, 0) is 30.7 Å². The highest BCUT2D eigenvalue weighted by atomic mass is 32.2. The van der Waals surface area contributed by atoms with Crippen molar-refractivity contribution in [2.75, 3.05) is 33.0 Å². The molecule has 0 unspecified atom stereocenters. The molecular formula is C20H23NO7S. The second kappa shape index (κ2) is 10.1. The third-order valence-electron chi connectivity index (χ3n) is 4.03. The summed E-state index contributed by atoms with van der Waals surface area (Å²) in [4.78, 5) is 11.8. The Morgan fingerprint density at radius 1 is 1.00 bits per heavy atom. The molecule has 2 aromatic rings. The number of sulfonamides is 1. The highest BCUT2D eigenvalue weighted by Gasteiger charge is 2.19. The lowest BCUT2D eigenvalue weighted by Gasteiger charge is -2.18. The van der Waals surface area contributed by atoms with Gasteiger partial charge in [0.2, 0.25) is 10.0 Å². The summed E-state index contributed by atoms with van der Waals surface area (Å²) >= 11 is 0. The quantitative estimate of drug-likeness (QED) is 0.463. The number of fused-ring (bicyclic) bond motifs is 1. The maximum absolute atomic E-state index is 12.4. The van der Waals surface area contributed by atoms with E-state index in [1.54, 1.807) is 6.07 Å². The minimum absolute atomic E-state index is 0.0855. The SMILES string of the molecule is O=C(CCCNS(=O)(=O)c1ccc2c(c1)OCCO2)OCCOc1ccccc1. The molecule has 0 fully saturated rings. The molecule has 1 aliphatic heterocycles. The molecule has 1 aliphatic rings. The van der Waals surface area contributed by atoms with Gasteiger partial charge in [0.05, 0.1) is 4.90 Å². The van der Waals surface area contributed by atoms with Crippen LogP contribution in [0.25, 0.3) is 0 Å². The summed E-state index contributed by atoms with van der Waals surface area (Å²) in [5.74, 6) is 1.23. The molecule has 0 radical (unpaired) electrons. The van der Waals surface area contributed by atoms with E-state index in [1.165, 1.54) is 12.1 Å². The highest BCUT2D eigenvalue weighted by molar-refractivity contribution is 7.89. The molecule has 3 rings (SSSR count). The van der Waals surface area contributed by atoms with Crippen molar-refractivity contribution >= 4 is 16.0 Å². The van der Waals surface area contributed by atoms with E-state index >= 15 is 0 Å². The zero-order valence-electron chi connectivity index (χ0n) is 15.8. The Morgan fingerprint density at radius 3 is 2.55 bits per heavy atom. The molecule has 0 atom stereocenters. The number of esters is 1. The largest absolute Gasteiger partial charge is 0.490 e. The van der Waals surface area contributed by atoms with Crippen LogP contribution in [0, 0.1) is 0 Å². The van der Waals surface area contributed by atoms with E-state index in [9.17, 15) is 13.2 Å². The van der Waals surface area contributed by atoms with Crippen LogP contribution < -0.4 is 18.9 Å². The van der Waals surface area contributed by atoms with Gasteiger partial charge in [-0.2, -0.15) is 0 Å². The molecule has 0 bridgehead atoms. The van der Waals surface area contributed by atoms with Gasteiger partial charge < -0.3 is 18.9 Å². The van der Waals surface area contributed by atoms with Gasteiger partial charge >= 0.3 is 5.97 Å². The van der Waals surface area contributed by atoms with Crippen LogP contribution >= 0.6 is 0 Å². The number of ether oxygens (including phenoxy) is 4. The fraction of sp³-hybridized carbons (Fsp3) is 0.350. The Bertz CT molecular complexity index is 916. The maximum atomic E-state index is 12.4. The molecule has 0 aliphatic carbocycles. The molecule has 0 saturated heterocycles. The van der Waals surface area contributed by atoms with Crippen LogP contribution in [0.4, 0.5) is 0 Å². The average molecular weight is 421 g/mol. The molecule has 29 heavy (non-hydrogen) atoms. The second-order valence-electron chi connectivity index (χ2n) is 6.19. The Balaban J connectivity index is 1.34. The molecule has 156 valence electrons. The summed E-state index contributed by atoms with van der Waals surface area (Å²) in [6.45, 7) is 1.32. The van der Waals surface area contributed by atoms with Crippen LogP contribution in [0.15, 0.2) is 53.4 Å². The minimum atomic E-state index is -3.70. The van der Waals surface area contributed by atoms with Gasteiger partial charge in [0.1, 0.15) is 32.2 Å². The lowest BCUT2D eigenvalue weighted by molar-refractivity contribution is -0.144. The summed E-state index contributed by atoms with van der Waals surface area (Å²) in [6.07, 6.45) is 0.428. The fourth-order valence-electron chi connectivity index (χ4n) is 2.62. The van der Waals surface area contributed by atoms with Crippen molar-refractivity contribution in [3.8, 4) is 17.2 Å². The molecule has 8 nitrogen and oxygen atoms in total. The first-order valence-corrected chi connectivity index (χ1v) is 10.8. The lowest BCUT2D eigenvalue weighted by Crippen LogP contribution is -2.26. The third-order valence-corrected chi connectivity index (χ3v) is 5.49. The molecular weight excluding hydrogens is 398 g/mol. The molecule has 0 saturated carbocycles. The van der Waals surface area contributed by atoms with Crippen LogP contribution in [0.1, 0.15) is 12.8 Å². The Hall–Kier alpha value is -2.78. The predicted octanol–water partition coefficient (Wildman–Crippen LogP) is 2.14. The van der Waals surface area contributed by atoms with Crippen LogP contribution in [0.3, 0.4) is 0 Å². The molecule has 0 spiro atoms. The number of benzene rings is 2. The summed E-state index contributed by atoms with van der Waals surface area (Å²) in [6, 6.07) is 13.7. The van der Waals surface area contributed by atoms with E-state index in [0.717, 1.165) is 0 Å². The number of rotatable bonds is 10. The van der Waals surface area contributed by atoms with Crippen molar-refractivity contribution in [1.82, 2.24) is 4.72 Å². The molecule has 0 amide bonds. The van der Waals surface area contributed by atoms with E-state index in [-0.39, 0.29) is 31.1 Å². The van der Waals surface area contributed by atoms with Crippen LogP contribution in [-0.2, 0) is 19.6 Å². The summed E-state index contributed by atoms with van der Waals surface area (Å²) in [5, 5.41) is 0. The number of para-hydroxylation sites is 1. The smallest absolute Gasteiger partial charge is 0.305 e. The first-order chi connectivity index (χ1) is 14.0. The molecule has 0 aromatic heterocycles. The van der Waals surface area contributed by atoms with Crippen molar-refractivity contribution in [2.24, 2.45) is 0 Å². The van der Waals surface area contributed by atoms with Gasteiger partial charge in [-0.3, -0.25) is 4.79 Å². The first kappa shape index (κ1) is 20.9. The van der Waals surface area contributed by atoms with E-state index < -0.39 is 16.0 Å². The van der Waals surface area contributed by atoms with Gasteiger partial charge in [-0.15, -0.1) is 0 Å². The summed E-state index contributed by atoms with van der Waals surface area (Å²) < 4.78 is 48.5. The van der Waals surface area contributed by atoms with Crippen LogP contribution in [0.5, 0.6) is 17.2 Å². The summed E-state index contributed by atoms with van der Waals surface area (Å²) in [7, 11) is -3.70. The Morgan fingerprint density at radius 2 is 1.76 bits per heavy atom. The van der Waals surface area contributed by atoms with Crippen molar-refractivity contribution < 1.29 is 32.2 Å². The minimum Gasteiger partial charge on any atom is -0.490 e. The number of nitrogens with one attached hydrogen (secondary N) is 1. The van der Waals surface area contributed by atoms with Gasteiger partial charge in [-0.25, -0.2) is 13.1 Å². The van der Waals surface area contributed by atoms with Gasteiger partial charge in [-0.1, -0.05) is 18.2 Å². The van der Waals surface area contributed by atoms with Crippen LogP contribution in [0.2, 0.25) is 0 Å². The molecule has 9 heteroatoms. The van der Waals surface area contributed by atoms with Crippen molar-refractivity contribution in [3.63, 3.8) is 0 Å². The zero-order valence-corrected chi connectivity index (χ0v) is 16.7. The molecule has 1 N–H and O–H groups in total. The second-order valence-corrected chi connectivity index (χ2v) is 7.96. The van der Waals surface area contributed by atoms with Gasteiger partial charge in [0, 0.05) is 19.0 Å². The number of hydrogen-bond donors (Lipinski definition) is 1. The Labute approximate surface area is 169 Å². The average Bonchev–Trinajstić information content (AvgIpc) is 2.75. The lowest BCUT2D eigenvalue weighted by atomic mass is 10.3. The van der Waals surface area contributed by atoms with Crippen molar-refractivity contribution in [2.45, 2.75) is 17.7 Å². The normalized spacial score (nSPS) is 13.0. The summed E-state index contributed by atoms with van der Waals surface area (Å²) in [5.41, 5.74) is 0. The van der Waals surface area contributed by atoms with Crippen molar-refractivity contribution in [1.29, 1.82) is 0 Å². The standard InChI is InChI=1S/C20H23NO7S/c22-20(28-14-11-25-16-5-2-1-3-6-16)7-4-10-21-29(23,24)17-8-9-18-19(15-17)27-13-12-26-18/h1-3,5-6,8-9,15,21H,4,7,10-14H2. The predicted molar refractivity (Wildman–Crippen MR) is 105 cm³/mol. The molecule has 1 heterocycles. The monoisotopic (exact) mass is 421 g/mol. The van der Waals surface area contributed by atoms with E-state index in [1.807, 2.05) is 30.3 Å².